The second kappa shape index (κ2) is 7.47. The van der Waals surface area contributed by atoms with Gasteiger partial charge in [0.2, 0.25) is 0 Å². The number of nitrogens with zero attached hydrogens (tertiary/aromatic N) is 5. The van der Waals surface area contributed by atoms with Gasteiger partial charge in [-0.2, -0.15) is 5.10 Å². The predicted molar refractivity (Wildman–Crippen MR) is 115 cm³/mol. The second-order valence-electron chi connectivity index (χ2n) is 6.64. The lowest BCUT2D eigenvalue weighted by Crippen LogP contribution is -2.25. The van der Waals surface area contributed by atoms with Crippen molar-refractivity contribution in [3.63, 3.8) is 0 Å². The van der Waals surface area contributed by atoms with E-state index in [1.807, 2.05) is 19.2 Å². The van der Waals surface area contributed by atoms with Crippen LogP contribution in [0.2, 0.25) is 0 Å². The standard InChI is InChI=1S/C19H20N8OS/c1-26-16-13(17-18(26)25-15(29-17)9-11(21)5-7-20)10-23-27(19(16)28)8-6-12-3-2-4-14(22)24-12/h2-5,7,10,20H,6,8-9,21H2,1H3,(H2,22,24). The molecule has 0 aromatic carbocycles. The molecule has 4 aromatic heterocycles. The van der Waals surface area contributed by atoms with Crippen LogP contribution in [0.5, 0.6) is 0 Å². The zero-order valence-corrected chi connectivity index (χ0v) is 16.6. The van der Waals surface area contributed by atoms with Crippen LogP contribution >= 0.6 is 11.3 Å². The average molecular weight is 408 g/mol. The molecule has 0 aliphatic rings. The van der Waals surface area contributed by atoms with Crippen molar-refractivity contribution >= 4 is 44.6 Å². The van der Waals surface area contributed by atoms with Gasteiger partial charge in [-0.1, -0.05) is 6.07 Å². The number of allylic oxidation sites excluding steroid dienone is 2. The number of anilines is 1. The third-order valence-corrected chi connectivity index (χ3v) is 5.71. The van der Waals surface area contributed by atoms with Crippen molar-refractivity contribution in [1.82, 2.24) is 24.3 Å². The molecule has 4 aromatic rings. The Kier molecular flexibility index (Phi) is 4.85. The van der Waals surface area contributed by atoms with Crippen LogP contribution in [-0.4, -0.2) is 30.5 Å². The summed E-state index contributed by atoms with van der Waals surface area (Å²) in [5, 5.41) is 13.1. The first kappa shape index (κ1) is 18.8. The van der Waals surface area contributed by atoms with Crippen LogP contribution in [-0.2, 0) is 26.4 Å². The molecule has 9 nitrogen and oxygen atoms in total. The second-order valence-corrected chi connectivity index (χ2v) is 7.73. The van der Waals surface area contributed by atoms with E-state index in [4.69, 9.17) is 16.9 Å². The van der Waals surface area contributed by atoms with E-state index < -0.39 is 0 Å². The Morgan fingerprint density at radius 2 is 2.17 bits per heavy atom. The van der Waals surface area contributed by atoms with E-state index >= 15 is 0 Å². The van der Waals surface area contributed by atoms with Crippen molar-refractivity contribution in [2.75, 3.05) is 5.73 Å². The van der Waals surface area contributed by atoms with Gasteiger partial charge in [0.05, 0.1) is 17.4 Å². The van der Waals surface area contributed by atoms with E-state index in [1.54, 1.807) is 22.9 Å². The molecular weight excluding hydrogens is 388 g/mol. The highest BCUT2D eigenvalue weighted by atomic mass is 32.1. The lowest BCUT2D eigenvalue weighted by Gasteiger charge is -2.06. The van der Waals surface area contributed by atoms with Gasteiger partial charge in [0.15, 0.2) is 5.65 Å². The summed E-state index contributed by atoms with van der Waals surface area (Å²) < 4.78 is 4.16. The van der Waals surface area contributed by atoms with Crippen LogP contribution in [0.3, 0.4) is 0 Å². The summed E-state index contributed by atoms with van der Waals surface area (Å²) in [6.07, 6.45) is 5.44. The van der Waals surface area contributed by atoms with Gasteiger partial charge >= 0.3 is 0 Å². The normalized spacial score (nSPS) is 12.1. The number of aromatic nitrogens is 5. The number of fused-ring (bicyclic) bond motifs is 3. The molecule has 0 aliphatic carbocycles. The van der Waals surface area contributed by atoms with Crippen LogP contribution in [0.25, 0.3) is 21.3 Å². The maximum Gasteiger partial charge on any atom is 0.291 e. The van der Waals surface area contributed by atoms with Gasteiger partial charge in [-0.05, 0) is 18.2 Å². The van der Waals surface area contributed by atoms with Crippen molar-refractivity contribution in [3.8, 4) is 0 Å². The maximum absolute atomic E-state index is 13.0. The largest absolute Gasteiger partial charge is 0.402 e. The number of aryl methyl sites for hydroxylation is 3. The van der Waals surface area contributed by atoms with Gasteiger partial charge in [-0.3, -0.25) is 4.79 Å². The Hall–Kier alpha value is -3.53. The molecule has 4 heterocycles. The molecule has 148 valence electrons. The molecule has 0 atom stereocenters. The minimum absolute atomic E-state index is 0.163. The van der Waals surface area contributed by atoms with Gasteiger partial charge in [-0.15, -0.1) is 11.3 Å². The van der Waals surface area contributed by atoms with Crippen LogP contribution in [0.4, 0.5) is 5.82 Å². The molecule has 0 saturated carbocycles. The molecule has 0 unspecified atom stereocenters. The first-order valence-corrected chi connectivity index (χ1v) is 9.80. The third kappa shape index (κ3) is 3.49. The Balaban J connectivity index is 1.69. The smallest absolute Gasteiger partial charge is 0.291 e. The highest BCUT2D eigenvalue weighted by Crippen LogP contribution is 2.31. The van der Waals surface area contributed by atoms with Crippen molar-refractivity contribution in [3.05, 3.63) is 57.2 Å². The molecule has 0 bridgehead atoms. The molecule has 0 fully saturated rings. The molecule has 0 amide bonds. The summed E-state index contributed by atoms with van der Waals surface area (Å²) in [6.45, 7) is 0.410. The van der Waals surface area contributed by atoms with E-state index in [9.17, 15) is 4.79 Å². The van der Waals surface area contributed by atoms with Crippen molar-refractivity contribution in [2.45, 2.75) is 19.4 Å². The average Bonchev–Trinajstić information content (AvgIpc) is 3.20. The summed E-state index contributed by atoms with van der Waals surface area (Å²) >= 11 is 1.49. The van der Waals surface area contributed by atoms with E-state index in [0.717, 1.165) is 32.6 Å². The number of nitrogens with one attached hydrogen (secondary N) is 1. The quantitative estimate of drug-likeness (QED) is 0.414. The fourth-order valence-corrected chi connectivity index (χ4v) is 4.41. The summed E-state index contributed by atoms with van der Waals surface area (Å²) in [4.78, 5) is 21.9. The number of hydrogen-bond donors (Lipinski definition) is 3. The Morgan fingerprint density at radius 3 is 2.93 bits per heavy atom. The SMILES string of the molecule is Cn1c2nc(CC(N)=CC=N)sc2c2cnn(CCc3cccc(N)n3)c(=O)c21. The molecule has 0 spiro atoms. The first-order valence-electron chi connectivity index (χ1n) is 8.98. The topological polar surface area (TPSA) is 141 Å². The fourth-order valence-electron chi connectivity index (χ4n) is 3.27. The molecule has 10 heteroatoms. The highest BCUT2D eigenvalue weighted by Gasteiger charge is 2.18. The first-order chi connectivity index (χ1) is 14.0. The molecular formula is C19H20N8OS. The highest BCUT2D eigenvalue weighted by molar-refractivity contribution is 7.19. The zero-order valence-electron chi connectivity index (χ0n) is 15.8. The van der Waals surface area contributed by atoms with Crippen LogP contribution in [0, 0.1) is 5.41 Å². The van der Waals surface area contributed by atoms with Crippen LogP contribution in [0.15, 0.2) is 41.0 Å². The Bertz CT molecular complexity index is 1310. The molecule has 4 rings (SSSR count). The summed E-state index contributed by atoms with van der Waals surface area (Å²) in [7, 11) is 1.83. The van der Waals surface area contributed by atoms with E-state index in [0.29, 0.717) is 36.4 Å². The van der Waals surface area contributed by atoms with Crippen molar-refractivity contribution in [1.29, 1.82) is 5.41 Å². The molecule has 5 N–H and O–H groups in total. The van der Waals surface area contributed by atoms with Gasteiger partial charge in [0.1, 0.15) is 16.3 Å². The van der Waals surface area contributed by atoms with Gasteiger partial charge < -0.3 is 21.4 Å². The van der Waals surface area contributed by atoms with Crippen LogP contribution < -0.4 is 17.0 Å². The molecule has 29 heavy (non-hydrogen) atoms. The van der Waals surface area contributed by atoms with E-state index in [-0.39, 0.29) is 5.56 Å². The number of nitrogen functional groups attached to an aromatic ring is 1. The van der Waals surface area contributed by atoms with Gasteiger partial charge in [0, 0.05) is 42.9 Å². The molecule has 0 aliphatic heterocycles. The minimum Gasteiger partial charge on any atom is -0.402 e. The van der Waals surface area contributed by atoms with Crippen molar-refractivity contribution < 1.29 is 0 Å². The minimum atomic E-state index is -0.163. The number of pyridine rings is 1. The van der Waals surface area contributed by atoms with Gasteiger partial charge in [-0.25, -0.2) is 14.6 Å². The lowest BCUT2D eigenvalue weighted by atomic mass is 10.2. The number of hydrogen-bond acceptors (Lipinski definition) is 8. The van der Waals surface area contributed by atoms with E-state index in [2.05, 4.69) is 15.1 Å². The molecule has 0 radical (unpaired) electrons. The predicted octanol–water partition coefficient (Wildman–Crippen LogP) is 1.60. The van der Waals surface area contributed by atoms with Crippen LogP contribution in [0.1, 0.15) is 10.7 Å². The zero-order chi connectivity index (χ0) is 20.5. The fraction of sp³-hybridized carbons (Fsp3) is 0.211. The Labute approximate surface area is 169 Å². The van der Waals surface area contributed by atoms with Crippen molar-refractivity contribution in [2.24, 2.45) is 12.8 Å². The van der Waals surface area contributed by atoms with Gasteiger partial charge in [0.25, 0.3) is 5.56 Å². The number of rotatable bonds is 6. The number of thiazole rings is 1. The maximum atomic E-state index is 13.0. The lowest BCUT2D eigenvalue weighted by molar-refractivity contribution is 0.577. The molecule has 0 saturated heterocycles. The Morgan fingerprint density at radius 1 is 1.34 bits per heavy atom. The third-order valence-electron chi connectivity index (χ3n) is 4.63. The summed E-state index contributed by atoms with van der Waals surface area (Å²) in [5.41, 5.74) is 14.1. The summed E-state index contributed by atoms with van der Waals surface area (Å²) in [5.74, 6) is 0.457. The number of nitrogens with two attached hydrogens (primary N) is 2. The van der Waals surface area contributed by atoms with E-state index in [1.165, 1.54) is 16.0 Å². The summed E-state index contributed by atoms with van der Waals surface area (Å²) in [6, 6.07) is 5.45. The monoisotopic (exact) mass is 408 g/mol.